The van der Waals surface area contributed by atoms with Crippen LogP contribution in [0, 0.1) is 6.92 Å². The Morgan fingerprint density at radius 3 is 1.53 bits per heavy atom. The van der Waals surface area contributed by atoms with E-state index in [2.05, 4.69) is 66.7 Å². The Balaban J connectivity index is 1.36. The van der Waals surface area contributed by atoms with Crippen molar-refractivity contribution in [3.8, 4) is 67.7 Å². The van der Waals surface area contributed by atoms with E-state index in [4.69, 9.17) is 24.9 Å². The normalized spacial score (nSPS) is 11.1. The first kappa shape index (κ1) is 28.2. The molecule has 0 bridgehead atoms. The van der Waals surface area contributed by atoms with Crippen LogP contribution in [0.3, 0.4) is 0 Å². The van der Waals surface area contributed by atoms with Gasteiger partial charge < -0.3 is 0 Å². The topological polar surface area (TPSA) is 64.5 Å². The monoisotopic (exact) mass is 603 g/mol. The number of para-hydroxylation sites is 1. The van der Waals surface area contributed by atoms with E-state index < -0.39 is 0 Å². The fraction of sp³-hybridized carbons (Fsp3) is 0.0238. The van der Waals surface area contributed by atoms with Crippen LogP contribution in [0.4, 0.5) is 0 Å². The fourth-order valence-corrected chi connectivity index (χ4v) is 5.85. The van der Waals surface area contributed by atoms with Gasteiger partial charge in [-0.3, -0.25) is 9.97 Å². The van der Waals surface area contributed by atoms with Crippen LogP contribution in [-0.2, 0) is 0 Å². The molecule has 0 aliphatic rings. The van der Waals surface area contributed by atoms with E-state index in [1.165, 1.54) is 0 Å². The van der Waals surface area contributed by atoms with Gasteiger partial charge in [-0.1, -0.05) is 109 Å². The Labute approximate surface area is 273 Å². The molecule has 5 nitrogen and oxygen atoms in total. The number of benzene rings is 5. The van der Waals surface area contributed by atoms with E-state index in [9.17, 15) is 0 Å². The third-order valence-electron chi connectivity index (χ3n) is 8.17. The lowest BCUT2D eigenvalue weighted by atomic mass is 9.96. The van der Waals surface area contributed by atoms with Crippen molar-refractivity contribution in [3.05, 3.63) is 164 Å². The molecule has 0 fully saturated rings. The van der Waals surface area contributed by atoms with Crippen molar-refractivity contribution in [2.24, 2.45) is 0 Å². The minimum absolute atomic E-state index is 0.588. The lowest BCUT2D eigenvalue weighted by Crippen LogP contribution is -2.01. The van der Waals surface area contributed by atoms with Crippen LogP contribution < -0.4 is 0 Å². The molecule has 0 aliphatic heterocycles. The summed E-state index contributed by atoms with van der Waals surface area (Å²) in [5, 5.41) is 1.08. The molecule has 3 aromatic heterocycles. The number of aromatic nitrogens is 5. The van der Waals surface area contributed by atoms with E-state index in [0.717, 1.165) is 66.8 Å². The predicted octanol–water partition coefficient (Wildman–Crippen LogP) is 10.1. The molecule has 0 N–H and O–H groups in total. The Bertz CT molecular complexity index is 2300. The summed E-state index contributed by atoms with van der Waals surface area (Å²) in [7, 11) is 0. The first-order valence-electron chi connectivity index (χ1n) is 15.6. The lowest BCUT2D eigenvalue weighted by molar-refractivity contribution is 1.07. The first-order valence-corrected chi connectivity index (χ1v) is 15.6. The van der Waals surface area contributed by atoms with Gasteiger partial charge in [0.2, 0.25) is 0 Å². The van der Waals surface area contributed by atoms with Gasteiger partial charge in [-0.25, -0.2) is 15.0 Å². The van der Waals surface area contributed by atoms with Gasteiger partial charge in [-0.05, 0) is 66.1 Å². The van der Waals surface area contributed by atoms with E-state index >= 15 is 0 Å². The smallest absolute Gasteiger partial charge is 0.164 e. The molecule has 0 amide bonds. The van der Waals surface area contributed by atoms with Gasteiger partial charge in [0, 0.05) is 45.1 Å². The second-order valence-corrected chi connectivity index (χ2v) is 11.5. The summed E-state index contributed by atoms with van der Waals surface area (Å²) in [6.07, 6.45) is 1.93. The van der Waals surface area contributed by atoms with Crippen LogP contribution in [0.2, 0.25) is 0 Å². The van der Waals surface area contributed by atoms with Crippen LogP contribution in [-0.4, -0.2) is 24.9 Å². The van der Waals surface area contributed by atoms with E-state index in [1.807, 2.05) is 98.0 Å². The van der Waals surface area contributed by atoms with Gasteiger partial charge in [0.05, 0.1) is 11.2 Å². The molecule has 47 heavy (non-hydrogen) atoms. The van der Waals surface area contributed by atoms with Crippen LogP contribution in [0.15, 0.2) is 158 Å². The molecule has 3 heterocycles. The lowest BCUT2D eigenvalue weighted by Gasteiger charge is -2.13. The molecule has 8 aromatic rings. The Morgan fingerprint density at radius 1 is 0.362 bits per heavy atom. The van der Waals surface area contributed by atoms with Crippen LogP contribution >= 0.6 is 0 Å². The largest absolute Gasteiger partial charge is 0.256 e. The fourth-order valence-electron chi connectivity index (χ4n) is 5.85. The number of hydrogen-bond donors (Lipinski definition) is 0. The highest BCUT2D eigenvalue weighted by Crippen LogP contribution is 2.35. The molecule has 5 heteroatoms. The molecule has 8 rings (SSSR count). The highest BCUT2D eigenvalue weighted by molar-refractivity contribution is 5.86. The van der Waals surface area contributed by atoms with Gasteiger partial charge in [0.25, 0.3) is 0 Å². The summed E-state index contributed by atoms with van der Waals surface area (Å²) in [6.45, 7) is 2.04. The Hall–Kier alpha value is -6.33. The highest BCUT2D eigenvalue weighted by atomic mass is 15.0. The molecular weight excluding hydrogens is 574 g/mol. The third kappa shape index (κ3) is 5.90. The van der Waals surface area contributed by atoms with Crippen molar-refractivity contribution < 1.29 is 0 Å². The van der Waals surface area contributed by atoms with Crippen LogP contribution in [0.25, 0.3) is 78.6 Å². The van der Waals surface area contributed by atoms with E-state index in [0.29, 0.717) is 17.5 Å². The summed E-state index contributed by atoms with van der Waals surface area (Å²) in [5.74, 6) is 1.83. The van der Waals surface area contributed by atoms with Crippen LogP contribution in [0.1, 0.15) is 5.69 Å². The number of hydrogen-bond acceptors (Lipinski definition) is 5. The maximum atomic E-state index is 5.04. The molecule has 222 valence electrons. The van der Waals surface area contributed by atoms with Crippen molar-refractivity contribution in [1.82, 2.24) is 24.9 Å². The van der Waals surface area contributed by atoms with Crippen molar-refractivity contribution in [2.45, 2.75) is 6.92 Å². The highest BCUT2D eigenvalue weighted by Gasteiger charge is 2.16. The Kier molecular flexibility index (Phi) is 7.32. The van der Waals surface area contributed by atoms with Crippen molar-refractivity contribution in [3.63, 3.8) is 0 Å². The zero-order valence-electron chi connectivity index (χ0n) is 25.7. The Morgan fingerprint density at radius 2 is 0.872 bits per heavy atom. The van der Waals surface area contributed by atoms with Gasteiger partial charge >= 0.3 is 0 Å². The number of aryl methyl sites for hydroxylation is 1. The summed E-state index contributed by atoms with van der Waals surface area (Å²) in [6, 6.07) is 51.6. The van der Waals surface area contributed by atoms with Gasteiger partial charge in [0.1, 0.15) is 0 Å². The molecular formula is C42H29N5. The van der Waals surface area contributed by atoms with E-state index in [1.54, 1.807) is 0 Å². The number of fused-ring (bicyclic) bond motifs is 1. The molecule has 0 saturated carbocycles. The molecule has 0 unspecified atom stereocenters. The zero-order chi connectivity index (χ0) is 31.6. The number of pyridine rings is 2. The maximum absolute atomic E-state index is 5.04. The minimum atomic E-state index is 0.588. The minimum Gasteiger partial charge on any atom is -0.256 e. The predicted molar refractivity (Wildman–Crippen MR) is 190 cm³/mol. The third-order valence-corrected chi connectivity index (χ3v) is 8.17. The quantitative estimate of drug-likeness (QED) is 0.189. The zero-order valence-corrected chi connectivity index (χ0v) is 25.7. The maximum Gasteiger partial charge on any atom is 0.164 e. The van der Waals surface area contributed by atoms with Crippen molar-refractivity contribution in [2.75, 3.05) is 0 Å². The van der Waals surface area contributed by atoms with Gasteiger partial charge in [0.15, 0.2) is 17.5 Å². The summed E-state index contributed by atoms with van der Waals surface area (Å²) < 4.78 is 0. The van der Waals surface area contributed by atoms with Crippen molar-refractivity contribution >= 4 is 10.9 Å². The SMILES string of the molecule is Cc1cc(-c2ccccc2)cc(-c2cc(-c3cnc4ccccc4c3)cc(-c3nc(-c4ccccc4)nc(-c4ccccc4)n3)c2)n1. The standard InChI is InChI=1S/C42H29N5/c1-28-21-33(29-13-5-2-6-14-29)26-39(44-28)35-23-34(37-22-32-19-11-12-20-38(32)43-27-37)24-36(25-35)42-46-40(30-15-7-3-8-16-30)45-41(47-42)31-17-9-4-10-18-31/h2-27H,1H3. The molecule has 0 aliphatic carbocycles. The first-order chi connectivity index (χ1) is 23.2. The molecule has 5 aromatic carbocycles. The van der Waals surface area contributed by atoms with Gasteiger partial charge in [-0.2, -0.15) is 0 Å². The van der Waals surface area contributed by atoms with Crippen LogP contribution in [0.5, 0.6) is 0 Å². The molecule has 0 spiro atoms. The summed E-state index contributed by atoms with van der Waals surface area (Å²) in [4.78, 5) is 24.8. The number of nitrogens with zero attached hydrogens (tertiary/aromatic N) is 5. The molecule has 0 radical (unpaired) electrons. The van der Waals surface area contributed by atoms with Crippen molar-refractivity contribution in [1.29, 1.82) is 0 Å². The molecule has 0 atom stereocenters. The summed E-state index contributed by atoms with van der Waals surface area (Å²) in [5.41, 5.74) is 10.7. The molecule has 0 saturated heterocycles. The number of rotatable bonds is 6. The second kappa shape index (κ2) is 12.2. The summed E-state index contributed by atoms with van der Waals surface area (Å²) >= 11 is 0. The second-order valence-electron chi connectivity index (χ2n) is 11.5. The van der Waals surface area contributed by atoms with E-state index in [-0.39, 0.29) is 0 Å². The average Bonchev–Trinajstić information content (AvgIpc) is 3.15. The average molecular weight is 604 g/mol. The van der Waals surface area contributed by atoms with Gasteiger partial charge in [-0.15, -0.1) is 0 Å².